The lowest BCUT2D eigenvalue weighted by molar-refractivity contribution is 0.604. The lowest BCUT2D eigenvalue weighted by atomic mass is 9.95. The van der Waals surface area contributed by atoms with Crippen molar-refractivity contribution in [3.63, 3.8) is 0 Å². The Morgan fingerprint density at radius 1 is 1.24 bits per heavy atom. The molecule has 0 amide bonds. The molecule has 0 saturated heterocycles. The number of hydrogen-bond donors (Lipinski definition) is 1. The van der Waals surface area contributed by atoms with Crippen molar-refractivity contribution in [1.29, 1.82) is 0 Å². The maximum atomic E-state index is 6.25. The molecule has 0 spiro atoms. The molecule has 2 aromatic rings. The van der Waals surface area contributed by atoms with E-state index in [-0.39, 0.29) is 11.5 Å². The summed E-state index contributed by atoms with van der Waals surface area (Å²) in [5.41, 5.74) is 1.39. The zero-order valence-electron chi connectivity index (χ0n) is 12.8. The van der Waals surface area contributed by atoms with E-state index in [1.807, 2.05) is 23.5 Å². The molecule has 2 rings (SSSR count). The Morgan fingerprint density at radius 3 is 2.48 bits per heavy atom. The Hall–Kier alpha value is -0.350. The summed E-state index contributed by atoms with van der Waals surface area (Å²) >= 11 is 11.6. The Morgan fingerprint density at radius 2 is 1.95 bits per heavy atom. The molecule has 0 fully saturated rings. The van der Waals surface area contributed by atoms with Gasteiger partial charge in [-0.1, -0.05) is 45.4 Å². The van der Waals surface area contributed by atoms with Gasteiger partial charge in [-0.15, -0.1) is 11.3 Å². The van der Waals surface area contributed by atoms with E-state index in [1.54, 1.807) is 0 Å². The molecule has 114 valence electrons. The van der Waals surface area contributed by atoms with E-state index >= 15 is 0 Å². The molecule has 1 aromatic carbocycles. The van der Waals surface area contributed by atoms with Crippen molar-refractivity contribution in [3.05, 3.63) is 55.1 Å². The molecule has 0 aliphatic heterocycles. The van der Waals surface area contributed by atoms with Crippen LogP contribution in [0.15, 0.2) is 34.8 Å². The first-order valence-electron chi connectivity index (χ1n) is 7.11. The van der Waals surface area contributed by atoms with Crippen molar-refractivity contribution in [2.75, 3.05) is 6.54 Å². The van der Waals surface area contributed by atoms with Crippen LogP contribution in [0, 0.1) is 0 Å². The number of nitrogens with one attached hydrogen (secondary N) is 1. The number of rotatable bonds is 4. The summed E-state index contributed by atoms with van der Waals surface area (Å²) in [5, 5.41) is 4.32. The van der Waals surface area contributed by atoms with Crippen LogP contribution in [0.2, 0.25) is 5.02 Å². The molecule has 0 radical (unpaired) electrons. The largest absolute Gasteiger partial charge is 0.306 e. The summed E-state index contributed by atoms with van der Waals surface area (Å²) < 4.78 is 0.935. The first-order chi connectivity index (χ1) is 9.82. The number of benzene rings is 1. The van der Waals surface area contributed by atoms with Gasteiger partial charge in [-0.3, -0.25) is 0 Å². The molecule has 0 aliphatic carbocycles. The maximum absolute atomic E-state index is 6.25. The van der Waals surface area contributed by atoms with E-state index < -0.39 is 0 Å². The third kappa shape index (κ3) is 4.10. The van der Waals surface area contributed by atoms with Crippen LogP contribution in [-0.2, 0) is 5.41 Å². The fraction of sp³-hybridized carbons (Fsp3) is 0.412. The van der Waals surface area contributed by atoms with Crippen LogP contribution in [0.1, 0.15) is 49.1 Å². The summed E-state index contributed by atoms with van der Waals surface area (Å²) in [4.78, 5) is 2.74. The van der Waals surface area contributed by atoms with Crippen molar-refractivity contribution in [2.24, 2.45) is 0 Å². The number of halogens is 2. The van der Waals surface area contributed by atoms with Gasteiger partial charge in [0.25, 0.3) is 0 Å². The van der Waals surface area contributed by atoms with Crippen molar-refractivity contribution in [2.45, 2.75) is 39.2 Å². The summed E-state index contributed by atoms with van der Waals surface area (Å²) in [6, 6.07) is 10.8. The zero-order chi connectivity index (χ0) is 15.6. The minimum atomic E-state index is 0.192. The molecule has 1 aromatic heterocycles. The zero-order valence-corrected chi connectivity index (χ0v) is 16.0. The summed E-state index contributed by atoms with van der Waals surface area (Å²) in [6.07, 6.45) is 0. The van der Waals surface area contributed by atoms with Crippen LogP contribution in [0.3, 0.4) is 0 Å². The minimum Gasteiger partial charge on any atom is -0.306 e. The topological polar surface area (TPSA) is 12.0 Å². The second kappa shape index (κ2) is 6.82. The van der Waals surface area contributed by atoms with Gasteiger partial charge in [0.1, 0.15) is 0 Å². The Bertz CT molecular complexity index is 615. The molecule has 1 unspecified atom stereocenters. The second-order valence-electron chi connectivity index (χ2n) is 6.12. The molecule has 1 heterocycles. The predicted molar refractivity (Wildman–Crippen MR) is 97.7 cm³/mol. The molecule has 4 heteroatoms. The lowest BCUT2D eigenvalue weighted by Gasteiger charge is -2.19. The monoisotopic (exact) mass is 385 g/mol. The van der Waals surface area contributed by atoms with Crippen LogP contribution in [0.25, 0.3) is 0 Å². The Balaban J connectivity index is 2.38. The highest BCUT2D eigenvalue weighted by Crippen LogP contribution is 2.36. The molecule has 1 N–H and O–H groups in total. The van der Waals surface area contributed by atoms with Gasteiger partial charge in [-0.05, 0) is 57.7 Å². The van der Waals surface area contributed by atoms with Gasteiger partial charge in [-0.25, -0.2) is 0 Å². The second-order valence-corrected chi connectivity index (χ2v) is 8.49. The lowest BCUT2D eigenvalue weighted by Crippen LogP contribution is -2.21. The SMILES string of the molecule is CCNC(c1ccc(Br)c(Cl)c1)c1ccc(C(C)(C)C)s1. The quantitative estimate of drug-likeness (QED) is 0.663. The van der Waals surface area contributed by atoms with Gasteiger partial charge in [0.2, 0.25) is 0 Å². The average Bonchev–Trinajstić information content (AvgIpc) is 2.89. The highest BCUT2D eigenvalue weighted by molar-refractivity contribution is 9.10. The molecule has 21 heavy (non-hydrogen) atoms. The molecule has 0 bridgehead atoms. The number of hydrogen-bond acceptors (Lipinski definition) is 2. The Kier molecular flexibility index (Phi) is 5.53. The summed E-state index contributed by atoms with van der Waals surface area (Å²) in [6.45, 7) is 9.80. The molecule has 1 nitrogen and oxygen atoms in total. The van der Waals surface area contributed by atoms with E-state index in [4.69, 9.17) is 11.6 Å². The van der Waals surface area contributed by atoms with E-state index in [1.165, 1.54) is 15.3 Å². The van der Waals surface area contributed by atoms with Crippen LogP contribution in [-0.4, -0.2) is 6.54 Å². The van der Waals surface area contributed by atoms with Crippen LogP contribution < -0.4 is 5.32 Å². The highest BCUT2D eigenvalue weighted by Gasteiger charge is 2.21. The fourth-order valence-corrected chi connectivity index (χ4v) is 3.80. The highest BCUT2D eigenvalue weighted by atomic mass is 79.9. The molecule has 1 atom stereocenters. The normalized spacial score (nSPS) is 13.4. The van der Waals surface area contributed by atoms with Gasteiger partial charge in [0, 0.05) is 14.2 Å². The van der Waals surface area contributed by atoms with Gasteiger partial charge in [0.05, 0.1) is 11.1 Å². The molecule has 0 aliphatic rings. The first-order valence-corrected chi connectivity index (χ1v) is 9.10. The molecule has 0 saturated carbocycles. The predicted octanol–water partition coefficient (Wildman–Crippen LogP) is 6.16. The standard InChI is InChI=1S/C17H21BrClNS/c1-5-20-16(11-6-7-12(18)13(19)10-11)14-8-9-15(21-14)17(2,3)4/h6-10,16,20H,5H2,1-4H3. The van der Waals surface area contributed by atoms with E-state index in [9.17, 15) is 0 Å². The van der Waals surface area contributed by atoms with Gasteiger partial charge in [0.15, 0.2) is 0 Å². The van der Waals surface area contributed by atoms with Crippen LogP contribution in [0.4, 0.5) is 0 Å². The van der Waals surface area contributed by atoms with Crippen molar-refractivity contribution >= 4 is 38.9 Å². The third-order valence-corrected chi connectivity index (χ3v) is 6.14. The van der Waals surface area contributed by atoms with Crippen molar-refractivity contribution in [3.8, 4) is 0 Å². The van der Waals surface area contributed by atoms with Crippen molar-refractivity contribution < 1.29 is 0 Å². The van der Waals surface area contributed by atoms with Gasteiger partial charge >= 0.3 is 0 Å². The van der Waals surface area contributed by atoms with E-state index in [0.717, 1.165) is 16.0 Å². The third-order valence-electron chi connectivity index (χ3n) is 3.34. The minimum absolute atomic E-state index is 0.192. The Labute approximate surface area is 144 Å². The average molecular weight is 387 g/mol. The van der Waals surface area contributed by atoms with Gasteiger partial charge in [-0.2, -0.15) is 0 Å². The maximum Gasteiger partial charge on any atom is 0.0671 e. The first kappa shape index (κ1) is 17.0. The van der Waals surface area contributed by atoms with Gasteiger partial charge < -0.3 is 5.32 Å². The van der Waals surface area contributed by atoms with Crippen molar-refractivity contribution in [1.82, 2.24) is 5.32 Å². The summed E-state index contributed by atoms with van der Waals surface area (Å²) in [7, 11) is 0. The van der Waals surface area contributed by atoms with Crippen LogP contribution in [0.5, 0.6) is 0 Å². The summed E-state index contributed by atoms with van der Waals surface area (Å²) in [5.74, 6) is 0. The molecular weight excluding hydrogens is 366 g/mol. The van der Waals surface area contributed by atoms with E-state index in [0.29, 0.717) is 0 Å². The fourth-order valence-electron chi connectivity index (χ4n) is 2.19. The number of thiophene rings is 1. The smallest absolute Gasteiger partial charge is 0.0671 e. The van der Waals surface area contributed by atoms with Crippen LogP contribution >= 0.6 is 38.9 Å². The molecular formula is C17H21BrClNS. The van der Waals surface area contributed by atoms with E-state index in [2.05, 4.69) is 67.1 Å².